The first-order chi connectivity index (χ1) is 4.27. The number of hydrogen-bond donors (Lipinski definition) is 0. The van der Waals surface area contributed by atoms with Crippen molar-refractivity contribution in [3.8, 4) is 0 Å². The summed E-state index contributed by atoms with van der Waals surface area (Å²) in [7, 11) is -2.81. The topological polar surface area (TPSA) is 9.23 Å². The Morgan fingerprint density at radius 2 is 1.45 bits per heavy atom. The van der Waals surface area contributed by atoms with E-state index in [0.29, 0.717) is 0 Å². The van der Waals surface area contributed by atoms with Gasteiger partial charge in [-0.05, 0) is 32.7 Å². The fraction of sp³-hybridized carbons (Fsp3) is 0.750. The molecule has 0 aromatic carbocycles. The summed E-state index contributed by atoms with van der Waals surface area (Å²) in [5.74, 6) is 0. The molecule has 0 radical (unpaired) electrons. The molecule has 0 aliphatic carbocycles. The lowest BCUT2D eigenvalue weighted by atomic mass is 11.3. The summed E-state index contributed by atoms with van der Waals surface area (Å²) in [6.45, 7) is 14.8. The van der Waals surface area contributed by atoms with Crippen molar-refractivity contribution in [2.45, 2.75) is 40.2 Å². The molecule has 0 aromatic rings. The smallest absolute Gasteiger partial charge is 0.197 e. The lowest BCUT2D eigenvalue weighted by molar-refractivity contribution is 0.565. The monoisotopic (exact) mass is 190 g/mol. The van der Waals surface area contributed by atoms with E-state index >= 15 is 0 Å². The van der Waals surface area contributed by atoms with E-state index in [1.54, 1.807) is 0 Å². The second kappa shape index (κ2) is 4.23. The third-order valence-corrected chi connectivity index (χ3v) is 6.60. The van der Waals surface area contributed by atoms with Gasteiger partial charge in [0, 0.05) is 0 Å². The molecule has 1 nitrogen and oxygen atoms in total. The molecular weight excluding hydrogens is 168 g/mol. The van der Waals surface area contributed by atoms with Crippen LogP contribution in [0.3, 0.4) is 0 Å². The van der Waals surface area contributed by atoms with Gasteiger partial charge in [-0.3, -0.25) is 0 Å². The van der Waals surface area contributed by atoms with Gasteiger partial charge in [0.1, 0.15) is 0 Å². The summed E-state index contributed by atoms with van der Waals surface area (Å²) >= 11 is 0. The summed E-state index contributed by atoms with van der Waals surface area (Å²) in [4.78, 5) is 0. The summed E-state index contributed by atoms with van der Waals surface area (Å²) in [6, 6.07) is 0. The van der Waals surface area contributed by atoms with Gasteiger partial charge in [-0.15, -0.1) is 6.58 Å². The summed E-state index contributed by atoms with van der Waals surface area (Å²) in [5.41, 5.74) is 1.99. The molecule has 11 heavy (non-hydrogen) atoms. The third-order valence-electron chi connectivity index (χ3n) is 1.06. The Morgan fingerprint density at radius 3 is 1.55 bits per heavy atom. The summed E-state index contributed by atoms with van der Waals surface area (Å²) < 4.78 is 5.93. The molecule has 0 heterocycles. The van der Waals surface area contributed by atoms with Gasteiger partial charge in [0.15, 0.2) is 16.6 Å². The van der Waals surface area contributed by atoms with Gasteiger partial charge >= 0.3 is 0 Å². The van der Waals surface area contributed by atoms with Gasteiger partial charge in [-0.25, -0.2) is 0 Å². The second-order valence-electron chi connectivity index (χ2n) is 4.02. The molecule has 0 aliphatic heterocycles. The Kier molecular flexibility index (Phi) is 5.27. The zero-order valence-corrected chi connectivity index (χ0v) is 9.69. The maximum absolute atomic E-state index is 5.93. The SMILES string of the molecule is C.C=C[Si](C)(C)O[Si](C)(C)C. The fourth-order valence-electron chi connectivity index (χ4n) is 0.831. The molecule has 3 heteroatoms. The first-order valence-electron chi connectivity index (χ1n) is 3.61. The van der Waals surface area contributed by atoms with E-state index in [4.69, 9.17) is 4.12 Å². The lowest BCUT2D eigenvalue weighted by Gasteiger charge is -2.28. The molecule has 0 amide bonds. The molecule has 0 atom stereocenters. The minimum absolute atomic E-state index is 0. The highest BCUT2D eigenvalue weighted by Crippen LogP contribution is 2.13. The van der Waals surface area contributed by atoms with Crippen LogP contribution in [0.15, 0.2) is 12.3 Å². The third kappa shape index (κ3) is 8.04. The van der Waals surface area contributed by atoms with E-state index in [0.717, 1.165) is 0 Å². The van der Waals surface area contributed by atoms with Crippen LogP contribution in [-0.4, -0.2) is 16.6 Å². The quantitative estimate of drug-likeness (QED) is 0.620. The van der Waals surface area contributed by atoms with E-state index in [1.807, 2.05) is 5.70 Å². The molecule has 0 aromatic heterocycles. The van der Waals surface area contributed by atoms with Gasteiger partial charge in [0.05, 0.1) is 0 Å². The molecule has 0 fully saturated rings. The van der Waals surface area contributed by atoms with Crippen LogP contribution in [-0.2, 0) is 4.12 Å². The van der Waals surface area contributed by atoms with Crippen LogP contribution in [0.4, 0.5) is 0 Å². The van der Waals surface area contributed by atoms with Gasteiger partial charge in [0.2, 0.25) is 0 Å². The van der Waals surface area contributed by atoms with E-state index in [1.165, 1.54) is 0 Å². The average Bonchev–Trinajstić information content (AvgIpc) is 1.60. The van der Waals surface area contributed by atoms with Gasteiger partial charge in [0.25, 0.3) is 0 Å². The highest BCUT2D eigenvalue weighted by molar-refractivity contribution is 6.86. The first-order valence-corrected chi connectivity index (χ1v) is 10.00. The fourth-order valence-corrected chi connectivity index (χ4v) is 7.48. The first kappa shape index (κ1) is 13.7. The van der Waals surface area contributed by atoms with Crippen LogP contribution < -0.4 is 0 Å². The standard InChI is InChI=1S/C7H18OSi2.CH4/c1-7-10(5,6)8-9(2,3)4;/h7H,1H2,2-6H3;1H4. The minimum atomic E-state index is -1.49. The van der Waals surface area contributed by atoms with Gasteiger partial charge < -0.3 is 4.12 Å². The van der Waals surface area contributed by atoms with Gasteiger partial charge in [-0.1, -0.05) is 13.1 Å². The zero-order valence-electron chi connectivity index (χ0n) is 7.69. The molecule has 0 saturated heterocycles. The second-order valence-corrected chi connectivity index (χ2v) is 12.7. The van der Waals surface area contributed by atoms with Crippen molar-refractivity contribution in [3.63, 3.8) is 0 Å². The molecule has 0 rings (SSSR count). The summed E-state index contributed by atoms with van der Waals surface area (Å²) in [6.07, 6.45) is 0. The minimum Gasteiger partial charge on any atom is -0.453 e. The average molecular weight is 190 g/mol. The Balaban J connectivity index is 0. The largest absolute Gasteiger partial charge is 0.453 e. The Morgan fingerprint density at radius 1 is 1.09 bits per heavy atom. The molecule has 68 valence electrons. The van der Waals surface area contributed by atoms with E-state index in [9.17, 15) is 0 Å². The van der Waals surface area contributed by atoms with Crippen molar-refractivity contribution >= 4 is 16.6 Å². The number of hydrogen-bond acceptors (Lipinski definition) is 1. The van der Waals surface area contributed by atoms with Crippen molar-refractivity contribution < 1.29 is 4.12 Å². The Hall–Kier alpha value is 0.134. The van der Waals surface area contributed by atoms with Crippen molar-refractivity contribution in [2.24, 2.45) is 0 Å². The van der Waals surface area contributed by atoms with Crippen LogP contribution in [0.1, 0.15) is 7.43 Å². The van der Waals surface area contributed by atoms with Crippen molar-refractivity contribution in [1.82, 2.24) is 0 Å². The maximum Gasteiger partial charge on any atom is 0.197 e. The molecule has 0 saturated carbocycles. The molecule has 0 bridgehead atoms. The normalized spacial score (nSPS) is 12.1. The van der Waals surface area contributed by atoms with Crippen LogP contribution in [0, 0.1) is 0 Å². The molecule has 0 unspecified atom stereocenters. The Labute approximate surface area is 73.7 Å². The lowest BCUT2D eigenvalue weighted by Crippen LogP contribution is -2.40. The molecule has 0 N–H and O–H groups in total. The van der Waals surface area contributed by atoms with Crippen molar-refractivity contribution in [1.29, 1.82) is 0 Å². The van der Waals surface area contributed by atoms with Crippen molar-refractivity contribution in [2.75, 3.05) is 0 Å². The zero-order chi connectivity index (χ0) is 8.41. The predicted octanol–water partition coefficient (Wildman–Crippen LogP) is 3.40. The van der Waals surface area contributed by atoms with Gasteiger partial charge in [-0.2, -0.15) is 0 Å². The molecule has 0 aliphatic rings. The van der Waals surface area contributed by atoms with E-state index in [-0.39, 0.29) is 7.43 Å². The highest BCUT2D eigenvalue weighted by atomic mass is 28.4. The van der Waals surface area contributed by atoms with Crippen LogP contribution in [0.5, 0.6) is 0 Å². The highest BCUT2D eigenvalue weighted by Gasteiger charge is 2.26. The van der Waals surface area contributed by atoms with Crippen LogP contribution >= 0.6 is 0 Å². The maximum atomic E-state index is 5.93. The number of rotatable bonds is 3. The molecule has 0 spiro atoms. The van der Waals surface area contributed by atoms with E-state index < -0.39 is 16.6 Å². The molecular formula is C8H22OSi2. The van der Waals surface area contributed by atoms with E-state index in [2.05, 4.69) is 39.3 Å². The Bertz CT molecular complexity index is 125. The van der Waals surface area contributed by atoms with Crippen LogP contribution in [0.2, 0.25) is 32.7 Å². The van der Waals surface area contributed by atoms with Crippen LogP contribution in [0.25, 0.3) is 0 Å². The summed E-state index contributed by atoms with van der Waals surface area (Å²) in [5, 5.41) is 0. The predicted molar refractivity (Wildman–Crippen MR) is 58.8 cm³/mol. The van der Waals surface area contributed by atoms with Crippen molar-refractivity contribution in [3.05, 3.63) is 12.3 Å².